The Morgan fingerprint density at radius 2 is 1.91 bits per heavy atom. The zero-order valence-electron chi connectivity index (χ0n) is 12.7. The van der Waals surface area contributed by atoms with Gasteiger partial charge in [-0.25, -0.2) is 0 Å². The number of aryl methyl sites for hydroxylation is 1. The zero-order valence-corrected chi connectivity index (χ0v) is 12.7. The highest BCUT2D eigenvalue weighted by atomic mass is 16.5. The summed E-state index contributed by atoms with van der Waals surface area (Å²) in [4.78, 5) is 12.6. The maximum Gasteiger partial charge on any atom is 0.235 e. The van der Waals surface area contributed by atoms with E-state index in [9.17, 15) is 4.79 Å². The van der Waals surface area contributed by atoms with Crippen LogP contribution in [0, 0.1) is 6.92 Å². The summed E-state index contributed by atoms with van der Waals surface area (Å²) in [6, 6.07) is 11.2. The lowest BCUT2D eigenvalue weighted by atomic mass is 10.1. The predicted molar refractivity (Wildman–Crippen MR) is 83.7 cm³/mol. The van der Waals surface area contributed by atoms with Crippen LogP contribution in [-0.2, 0) is 0 Å². The molecule has 0 N–H and O–H groups in total. The van der Waals surface area contributed by atoms with Crippen molar-refractivity contribution in [2.75, 3.05) is 14.2 Å². The van der Waals surface area contributed by atoms with Gasteiger partial charge in [-0.3, -0.25) is 4.79 Å². The van der Waals surface area contributed by atoms with Crippen molar-refractivity contribution < 1.29 is 19.0 Å². The average Bonchev–Trinajstić information content (AvgIpc) is 2.82. The lowest BCUT2D eigenvalue weighted by Crippen LogP contribution is -2.00. The highest BCUT2D eigenvalue weighted by Gasteiger charge is 2.32. The normalized spacial score (nSPS) is 14.7. The van der Waals surface area contributed by atoms with E-state index in [4.69, 9.17) is 14.2 Å². The monoisotopic (exact) mass is 296 g/mol. The number of ketones is 1. The van der Waals surface area contributed by atoms with Crippen LogP contribution in [-0.4, -0.2) is 20.0 Å². The van der Waals surface area contributed by atoms with Crippen molar-refractivity contribution >= 4 is 11.9 Å². The molecule has 1 aliphatic rings. The van der Waals surface area contributed by atoms with E-state index in [0.29, 0.717) is 22.8 Å². The fourth-order valence-electron chi connectivity index (χ4n) is 2.44. The Morgan fingerprint density at radius 3 is 2.59 bits per heavy atom. The largest absolute Gasteiger partial charge is 0.496 e. The Labute approximate surface area is 128 Å². The van der Waals surface area contributed by atoms with Gasteiger partial charge in [0.25, 0.3) is 0 Å². The van der Waals surface area contributed by atoms with Gasteiger partial charge in [0.1, 0.15) is 22.8 Å². The van der Waals surface area contributed by atoms with Gasteiger partial charge in [0.2, 0.25) is 5.78 Å². The number of fused-ring (bicyclic) bond motifs is 1. The summed E-state index contributed by atoms with van der Waals surface area (Å²) in [5.74, 6) is 1.59. The number of rotatable bonds is 3. The molecule has 0 atom stereocenters. The van der Waals surface area contributed by atoms with Crippen LogP contribution in [0.5, 0.6) is 17.2 Å². The van der Waals surface area contributed by atoms with E-state index < -0.39 is 0 Å². The van der Waals surface area contributed by atoms with Gasteiger partial charge in [-0.1, -0.05) is 29.8 Å². The van der Waals surface area contributed by atoms with E-state index in [1.54, 1.807) is 25.3 Å². The Morgan fingerprint density at radius 1 is 1.09 bits per heavy atom. The van der Waals surface area contributed by atoms with Crippen molar-refractivity contribution in [2.45, 2.75) is 6.92 Å². The van der Waals surface area contributed by atoms with Gasteiger partial charge in [0.05, 0.1) is 14.2 Å². The van der Waals surface area contributed by atoms with E-state index >= 15 is 0 Å². The predicted octanol–water partition coefficient (Wildman–Crippen LogP) is 3.63. The molecule has 0 saturated carbocycles. The second-order valence-electron chi connectivity index (χ2n) is 5.06. The minimum absolute atomic E-state index is 0.184. The summed E-state index contributed by atoms with van der Waals surface area (Å²) in [7, 11) is 3.08. The Balaban J connectivity index is 2.04. The summed E-state index contributed by atoms with van der Waals surface area (Å²) in [6.45, 7) is 2.00. The molecule has 4 heteroatoms. The number of Topliss-reactive ketones (excluding diaryl/α,β-unsaturated/α-hetero) is 1. The molecule has 0 bridgehead atoms. The van der Waals surface area contributed by atoms with Crippen molar-refractivity contribution in [3.63, 3.8) is 0 Å². The van der Waals surface area contributed by atoms with Gasteiger partial charge in [-0.2, -0.15) is 0 Å². The average molecular weight is 296 g/mol. The van der Waals surface area contributed by atoms with E-state index in [0.717, 1.165) is 11.1 Å². The number of carbonyl (C=O) groups is 1. The molecule has 112 valence electrons. The maximum atomic E-state index is 12.6. The van der Waals surface area contributed by atoms with Crippen LogP contribution >= 0.6 is 0 Å². The molecule has 0 aromatic heterocycles. The van der Waals surface area contributed by atoms with Gasteiger partial charge in [0, 0.05) is 12.1 Å². The Kier molecular flexibility index (Phi) is 3.59. The number of benzene rings is 2. The van der Waals surface area contributed by atoms with Crippen LogP contribution in [0.15, 0.2) is 42.2 Å². The molecule has 1 heterocycles. The fraction of sp³-hybridized carbons (Fsp3) is 0.167. The van der Waals surface area contributed by atoms with Crippen molar-refractivity contribution in [2.24, 2.45) is 0 Å². The van der Waals surface area contributed by atoms with Crippen molar-refractivity contribution in [1.82, 2.24) is 0 Å². The van der Waals surface area contributed by atoms with E-state index in [2.05, 4.69) is 0 Å². The number of allylic oxidation sites excluding steroid dienone is 1. The molecule has 0 spiro atoms. The SMILES string of the molecule is COc1cc(OC)c2c(c1)O/C(=C\c1cccc(C)c1)C2=O. The van der Waals surface area contributed by atoms with Gasteiger partial charge in [-0.15, -0.1) is 0 Å². The molecule has 0 unspecified atom stereocenters. The molecular weight excluding hydrogens is 280 g/mol. The lowest BCUT2D eigenvalue weighted by molar-refractivity contribution is 0.101. The molecule has 0 saturated heterocycles. The third-order valence-corrected chi connectivity index (χ3v) is 3.51. The molecule has 0 fully saturated rings. The number of ether oxygens (including phenoxy) is 3. The standard InChI is InChI=1S/C18H16O4/c1-11-5-4-6-12(7-11)8-16-18(19)17-14(21-3)9-13(20-2)10-15(17)22-16/h4-10H,1-3H3/b16-8-. The zero-order chi connectivity index (χ0) is 15.7. The van der Waals surface area contributed by atoms with Crippen LogP contribution in [0.2, 0.25) is 0 Å². The molecule has 22 heavy (non-hydrogen) atoms. The van der Waals surface area contributed by atoms with Crippen LogP contribution in [0.25, 0.3) is 6.08 Å². The number of hydrogen-bond acceptors (Lipinski definition) is 4. The maximum absolute atomic E-state index is 12.6. The van der Waals surface area contributed by atoms with E-state index in [-0.39, 0.29) is 11.5 Å². The van der Waals surface area contributed by atoms with Gasteiger partial charge >= 0.3 is 0 Å². The van der Waals surface area contributed by atoms with E-state index in [1.807, 2.05) is 31.2 Å². The first-order chi connectivity index (χ1) is 10.6. The fourth-order valence-corrected chi connectivity index (χ4v) is 2.44. The highest BCUT2D eigenvalue weighted by molar-refractivity contribution is 6.16. The van der Waals surface area contributed by atoms with Gasteiger partial charge in [-0.05, 0) is 18.6 Å². The molecule has 1 aliphatic heterocycles. The minimum atomic E-state index is -0.184. The Hall–Kier alpha value is -2.75. The summed E-state index contributed by atoms with van der Waals surface area (Å²) < 4.78 is 16.2. The first-order valence-electron chi connectivity index (χ1n) is 6.89. The topological polar surface area (TPSA) is 44.8 Å². The summed E-state index contributed by atoms with van der Waals surface area (Å²) in [5.41, 5.74) is 2.47. The lowest BCUT2D eigenvalue weighted by Gasteiger charge is -2.07. The van der Waals surface area contributed by atoms with Crippen molar-refractivity contribution in [1.29, 1.82) is 0 Å². The van der Waals surface area contributed by atoms with Crippen LogP contribution in [0.4, 0.5) is 0 Å². The van der Waals surface area contributed by atoms with Crippen molar-refractivity contribution in [3.8, 4) is 17.2 Å². The first-order valence-corrected chi connectivity index (χ1v) is 6.89. The molecule has 0 radical (unpaired) electrons. The Bertz CT molecular complexity index is 775. The molecule has 0 amide bonds. The highest BCUT2D eigenvalue weighted by Crippen LogP contribution is 2.41. The van der Waals surface area contributed by atoms with Crippen LogP contribution < -0.4 is 14.2 Å². The van der Waals surface area contributed by atoms with Crippen molar-refractivity contribution in [3.05, 3.63) is 58.8 Å². The third kappa shape index (κ3) is 2.44. The van der Waals surface area contributed by atoms with E-state index in [1.165, 1.54) is 7.11 Å². The molecule has 3 rings (SSSR count). The summed E-state index contributed by atoms with van der Waals surface area (Å²) in [5, 5.41) is 0. The summed E-state index contributed by atoms with van der Waals surface area (Å²) >= 11 is 0. The molecular formula is C18H16O4. The quantitative estimate of drug-likeness (QED) is 0.811. The smallest absolute Gasteiger partial charge is 0.235 e. The molecule has 2 aromatic rings. The van der Waals surface area contributed by atoms with Crippen LogP contribution in [0.1, 0.15) is 21.5 Å². The first kappa shape index (κ1) is 14.2. The second-order valence-corrected chi connectivity index (χ2v) is 5.06. The number of methoxy groups -OCH3 is 2. The number of hydrogen-bond donors (Lipinski definition) is 0. The van der Waals surface area contributed by atoms with Gasteiger partial charge < -0.3 is 14.2 Å². The second kappa shape index (κ2) is 5.56. The van der Waals surface area contributed by atoms with Gasteiger partial charge in [0.15, 0.2) is 5.76 Å². The molecule has 4 nitrogen and oxygen atoms in total. The number of carbonyl (C=O) groups excluding carboxylic acids is 1. The third-order valence-electron chi connectivity index (χ3n) is 3.51. The molecule has 0 aliphatic carbocycles. The summed E-state index contributed by atoms with van der Waals surface area (Å²) in [6.07, 6.45) is 1.74. The van der Waals surface area contributed by atoms with Crippen LogP contribution in [0.3, 0.4) is 0 Å². The molecule has 2 aromatic carbocycles. The minimum Gasteiger partial charge on any atom is -0.496 e.